The minimum atomic E-state index is -0.384. The quantitative estimate of drug-likeness (QED) is 0.148. The fourth-order valence-corrected chi connectivity index (χ4v) is 4.36. The molecule has 0 aliphatic rings. The molecule has 4 N–H and O–H groups in total. The van der Waals surface area contributed by atoms with Gasteiger partial charge in [-0.15, -0.1) is 0 Å². The fourth-order valence-electron chi connectivity index (χ4n) is 4.14. The van der Waals surface area contributed by atoms with Crippen molar-refractivity contribution in [3.05, 3.63) is 75.2 Å². The number of halogens is 1. The molecule has 1 amide bonds. The van der Waals surface area contributed by atoms with Crippen LogP contribution in [0.5, 0.6) is 5.75 Å². The van der Waals surface area contributed by atoms with Crippen LogP contribution in [0.25, 0.3) is 22.6 Å². The maximum absolute atomic E-state index is 13.0. The van der Waals surface area contributed by atoms with Gasteiger partial charge >= 0.3 is 5.69 Å². The molecule has 0 aliphatic heterocycles. The van der Waals surface area contributed by atoms with E-state index in [1.807, 2.05) is 13.8 Å². The number of imidazole rings is 1. The minimum Gasteiger partial charge on any atom is -0.484 e. The molecule has 0 saturated heterocycles. The van der Waals surface area contributed by atoms with Crippen molar-refractivity contribution in [3.63, 3.8) is 0 Å². The standard InChI is InChI=1S/C28H32FN7O4S/c1-3-15-35-25-23(26(38)36(16-4-2)28(35)39)33-24(34-25)18-5-11-21(12-6-18)40-17-22(37)30-13-14-31-27(41)32-20-9-7-19(29)8-10-20/h5-12H,3-4,13-17H2,1-2H3,(H,30,37)(H,33,34)(H2,31,32,41). The summed E-state index contributed by atoms with van der Waals surface area (Å²) in [7, 11) is 0. The van der Waals surface area contributed by atoms with Crippen molar-refractivity contribution in [1.82, 2.24) is 29.7 Å². The van der Waals surface area contributed by atoms with Gasteiger partial charge in [0.25, 0.3) is 11.5 Å². The Morgan fingerprint density at radius 3 is 2.32 bits per heavy atom. The van der Waals surface area contributed by atoms with E-state index in [0.717, 1.165) is 6.42 Å². The predicted octanol–water partition coefficient (Wildman–Crippen LogP) is 2.99. The molecule has 0 atom stereocenters. The molecule has 2 heterocycles. The lowest BCUT2D eigenvalue weighted by molar-refractivity contribution is -0.123. The van der Waals surface area contributed by atoms with Crippen LogP contribution in [-0.2, 0) is 17.9 Å². The highest BCUT2D eigenvalue weighted by molar-refractivity contribution is 7.80. The zero-order chi connectivity index (χ0) is 29.4. The number of benzene rings is 2. The lowest BCUT2D eigenvalue weighted by atomic mass is 10.2. The molecule has 0 fully saturated rings. The number of rotatable bonds is 12. The molecule has 216 valence electrons. The summed E-state index contributed by atoms with van der Waals surface area (Å²) in [6.07, 6.45) is 1.38. The highest BCUT2D eigenvalue weighted by Gasteiger charge is 2.17. The van der Waals surface area contributed by atoms with Gasteiger partial charge in [-0.2, -0.15) is 0 Å². The fraction of sp³-hybridized carbons (Fsp3) is 0.321. The topological polar surface area (TPSA) is 135 Å². The number of hydrogen-bond donors (Lipinski definition) is 4. The van der Waals surface area contributed by atoms with E-state index >= 15 is 0 Å². The SMILES string of the molecule is CCCn1c(=O)c2[nH]c(-c3ccc(OCC(=O)NCCNC(=S)Nc4ccc(F)cc4)cc3)nc2n(CCC)c1=O. The lowest BCUT2D eigenvalue weighted by Crippen LogP contribution is -2.40. The van der Waals surface area contributed by atoms with Gasteiger partial charge in [-0.1, -0.05) is 13.8 Å². The van der Waals surface area contributed by atoms with E-state index in [2.05, 4.69) is 25.9 Å². The normalized spacial score (nSPS) is 10.9. The van der Waals surface area contributed by atoms with Gasteiger partial charge in [0.15, 0.2) is 17.4 Å². The third-order valence-corrected chi connectivity index (χ3v) is 6.33. The van der Waals surface area contributed by atoms with Crippen LogP contribution in [0, 0.1) is 5.82 Å². The first-order valence-corrected chi connectivity index (χ1v) is 13.7. The number of aromatic nitrogens is 4. The molecular formula is C28H32FN7O4S. The molecule has 0 aliphatic carbocycles. The second-order valence-electron chi connectivity index (χ2n) is 9.23. The van der Waals surface area contributed by atoms with Gasteiger partial charge in [0.1, 0.15) is 22.9 Å². The lowest BCUT2D eigenvalue weighted by Gasteiger charge is -2.11. The number of carbonyl (C=O) groups excluding carboxylic acids is 1. The summed E-state index contributed by atoms with van der Waals surface area (Å²) in [5.41, 5.74) is 1.24. The maximum atomic E-state index is 13.0. The average Bonchev–Trinajstić information content (AvgIpc) is 3.42. The number of hydrogen-bond acceptors (Lipinski definition) is 6. The second kappa shape index (κ2) is 13.7. The van der Waals surface area contributed by atoms with Gasteiger partial charge in [-0.05, 0) is 73.6 Å². The van der Waals surface area contributed by atoms with E-state index in [1.165, 1.54) is 21.3 Å². The van der Waals surface area contributed by atoms with Gasteiger partial charge in [0, 0.05) is 37.4 Å². The number of anilines is 1. The Morgan fingerprint density at radius 1 is 0.976 bits per heavy atom. The van der Waals surface area contributed by atoms with Crippen LogP contribution in [0.4, 0.5) is 10.1 Å². The summed E-state index contributed by atoms with van der Waals surface area (Å²) in [5, 5.41) is 8.97. The van der Waals surface area contributed by atoms with Gasteiger partial charge in [-0.3, -0.25) is 18.7 Å². The molecule has 2 aromatic carbocycles. The number of H-pyrrole nitrogens is 1. The number of carbonyl (C=O) groups is 1. The summed E-state index contributed by atoms with van der Waals surface area (Å²) >= 11 is 5.18. The van der Waals surface area contributed by atoms with Crippen LogP contribution >= 0.6 is 12.2 Å². The number of aromatic amines is 1. The molecule has 13 heteroatoms. The van der Waals surface area contributed by atoms with Crippen LogP contribution in [-0.4, -0.2) is 49.8 Å². The Morgan fingerprint density at radius 2 is 1.63 bits per heavy atom. The molecule has 11 nitrogen and oxygen atoms in total. The first-order chi connectivity index (χ1) is 19.8. The van der Waals surface area contributed by atoms with Gasteiger partial charge < -0.3 is 25.7 Å². The van der Waals surface area contributed by atoms with Crippen LogP contribution in [0.3, 0.4) is 0 Å². The third-order valence-electron chi connectivity index (χ3n) is 6.09. The molecule has 4 rings (SSSR count). The van der Waals surface area contributed by atoms with Crippen molar-refractivity contribution in [1.29, 1.82) is 0 Å². The average molecular weight is 582 g/mol. The van der Waals surface area contributed by atoms with Crippen molar-refractivity contribution in [3.8, 4) is 17.1 Å². The minimum absolute atomic E-state index is 0.178. The predicted molar refractivity (Wildman–Crippen MR) is 160 cm³/mol. The van der Waals surface area contributed by atoms with E-state index in [1.54, 1.807) is 36.4 Å². The first kappa shape index (κ1) is 29.5. The zero-order valence-electron chi connectivity index (χ0n) is 22.8. The summed E-state index contributed by atoms with van der Waals surface area (Å²) in [4.78, 5) is 45.7. The van der Waals surface area contributed by atoms with E-state index in [-0.39, 0.29) is 29.6 Å². The highest BCUT2D eigenvalue weighted by Crippen LogP contribution is 2.22. The highest BCUT2D eigenvalue weighted by atomic mass is 32.1. The van der Waals surface area contributed by atoms with Crippen molar-refractivity contribution in [2.24, 2.45) is 0 Å². The third kappa shape index (κ3) is 7.37. The number of fused-ring (bicyclic) bond motifs is 1. The molecule has 0 unspecified atom stereocenters. The Labute approximate surface area is 240 Å². The van der Waals surface area contributed by atoms with E-state index < -0.39 is 0 Å². The molecule has 0 bridgehead atoms. The molecule has 0 radical (unpaired) electrons. The molecule has 4 aromatic rings. The summed E-state index contributed by atoms with van der Waals surface area (Å²) in [6, 6.07) is 12.7. The van der Waals surface area contributed by atoms with Crippen molar-refractivity contribution >= 4 is 40.1 Å². The van der Waals surface area contributed by atoms with Crippen LogP contribution < -0.4 is 31.9 Å². The molecular weight excluding hydrogens is 549 g/mol. The van der Waals surface area contributed by atoms with Crippen molar-refractivity contribution in [2.75, 3.05) is 25.0 Å². The number of nitrogens with one attached hydrogen (secondary N) is 4. The number of nitrogens with zero attached hydrogens (tertiary/aromatic N) is 3. The van der Waals surface area contributed by atoms with E-state index in [4.69, 9.17) is 17.0 Å². The van der Waals surface area contributed by atoms with E-state index in [9.17, 15) is 18.8 Å². The van der Waals surface area contributed by atoms with Gasteiger partial charge in [0.2, 0.25) is 0 Å². The molecule has 0 spiro atoms. The summed E-state index contributed by atoms with van der Waals surface area (Å²) in [6.45, 7) is 5.20. The Kier molecular flexibility index (Phi) is 9.85. The van der Waals surface area contributed by atoms with Gasteiger partial charge in [-0.25, -0.2) is 14.2 Å². The summed E-state index contributed by atoms with van der Waals surface area (Å²) < 4.78 is 21.3. The van der Waals surface area contributed by atoms with E-state index in [0.29, 0.717) is 71.7 Å². The van der Waals surface area contributed by atoms with Crippen LogP contribution in [0.15, 0.2) is 58.1 Å². The Hall–Kier alpha value is -4.52. The number of thiocarbonyl (C=S) groups is 1. The van der Waals surface area contributed by atoms with Gasteiger partial charge in [0.05, 0.1) is 0 Å². The molecule has 41 heavy (non-hydrogen) atoms. The number of ether oxygens (including phenoxy) is 1. The maximum Gasteiger partial charge on any atom is 0.332 e. The van der Waals surface area contributed by atoms with Crippen molar-refractivity contribution in [2.45, 2.75) is 39.8 Å². The Bertz CT molecular complexity index is 1630. The monoisotopic (exact) mass is 581 g/mol. The zero-order valence-corrected chi connectivity index (χ0v) is 23.6. The smallest absolute Gasteiger partial charge is 0.332 e. The molecule has 0 saturated carbocycles. The molecule has 2 aromatic heterocycles. The van der Waals surface area contributed by atoms with Crippen molar-refractivity contribution < 1.29 is 13.9 Å². The van der Waals surface area contributed by atoms with Crippen LogP contribution in [0.1, 0.15) is 26.7 Å². The Balaban J connectivity index is 1.30. The summed E-state index contributed by atoms with van der Waals surface area (Å²) in [5.74, 6) is 0.304. The second-order valence-corrected chi connectivity index (χ2v) is 9.63. The number of amides is 1. The first-order valence-electron chi connectivity index (χ1n) is 13.3. The number of aryl methyl sites for hydroxylation is 1. The van der Waals surface area contributed by atoms with Crippen LogP contribution in [0.2, 0.25) is 0 Å². The largest absolute Gasteiger partial charge is 0.484 e.